The molecule has 6 heteroatoms. The van der Waals surface area contributed by atoms with Crippen LogP contribution in [0.2, 0.25) is 0 Å². The van der Waals surface area contributed by atoms with Crippen LogP contribution < -0.4 is 0 Å². The first-order chi connectivity index (χ1) is 12.9. The summed E-state index contributed by atoms with van der Waals surface area (Å²) < 4.78 is 6.76. The molecule has 0 saturated carbocycles. The third kappa shape index (κ3) is 3.32. The second kappa shape index (κ2) is 7.48. The highest BCUT2D eigenvalue weighted by atomic mass is 16.5. The fourth-order valence-electron chi connectivity index (χ4n) is 3.70. The number of aliphatic hydroxyl groups is 1. The molecule has 3 aromatic rings. The van der Waals surface area contributed by atoms with Crippen LogP contribution in [0.25, 0.3) is 11.0 Å². The summed E-state index contributed by atoms with van der Waals surface area (Å²) in [5, 5.41) is 18.1. The number of nitrogens with zero attached hydrogens (tertiary/aromatic N) is 3. The Morgan fingerprint density at radius 1 is 1.26 bits per heavy atom. The highest BCUT2D eigenvalue weighted by Gasteiger charge is 2.30. The van der Waals surface area contributed by atoms with Crippen molar-refractivity contribution in [3.05, 3.63) is 58.1 Å². The van der Waals surface area contributed by atoms with Crippen LogP contribution >= 0.6 is 0 Å². The van der Waals surface area contributed by atoms with Crippen molar-refractivity contribution < 1.29 is 14.6 Å². The smallest absolute Gasteiger partial charge is 0.309 e. The van der Waals surface area contributed by atoms with Gasteiger partial charge < -0.3 is 9.84 Å². The molecule has 0 saturated heterocycles. The van der Waals surface area contributed by atoms with E-state index in [0.29, 0.717) is 0 Å². The lowest BCUT2D eigenvalue weighted by molar-refractivity contribution is -0.145. The van der Waals surface area contributed by atoms with Gasteiger partial charge in [-0.05, 0) is 47.7 Å². The third-order valence-corrected chi connectivity index (χ3v) is 5.39. The van der Waals surface area contributed by atoms with Crippen LogP contribution in [0.5, 0.6) is 0 Å². The Morgan fingerprint density at radius 3 is 2.67 bits per heavy atom. The average molecular weight is 367 g/mol. The minimum atomic E-state index is -0.392. The number of benzene rings is 2. The first-order valence-corrected chi connectivity index (χ1v) is 8.96. The fraction of sp³-hybridized carbons (Fsp3) is 0.381. The Hall–Kier alpha value is -2.73. The molecule has 1 heterocycles. The predicted molar refractivity (Wildman–Crippen MR) is 103 cm³/mol. The molecule has 27 heavy (non-hydrogen) atoms. The maximum absolute atomic E-state index is 12.4. The Morgan fingerprint density at radius 2 is 2.00 bits per heavy atom. The lowest BCUT2D eigenvalue weighted by Crippen LogP contribution is -2.23. The van der Waals surface area contributed by atoms with Crippen molar-refractivity contribution in [3.8, 4) is 0 Å². The first-order valence-electron chi connectivity index (χ1n) is 8.96. The standard InChI is InChI=1S/C21H25N3O3/c1-12-6-7-15(10-16(12)11-25)19(14(3)21(26)27-5)17-8-9-18-20(13(17)2)22-23-24(18)4/h6-10,14,19,25H,11H2,1-5H3/t14-,19-/m0/s1. The summed E-state index contributed by atoms with van der Waals surface area (Å²) >= 11 is 0. The quantitative estimate of drug-likeness (QED) is 0.702. The molecule has 0 unspecified atom stereocenters. The van der Waals surface area contributed by atoms with Gasteiger partial charge in [0.2, 0.25) is 0 Å². The number of aliphatic hydroxyl groups excluding tert-OH is 1. The van der Waals surface area contributed by atoms with E-state index in [-0.39, 0.29) is 18.5 Å². The topological polar surface area (TPSA) is 77.2 Å². The van der Waals surface area contributed by atoms with Gasteiger partial charge in [-0.3, -0.25) is 4.79 Å². The third-order valence-electron chi connectivity index (χ3n) is 5.39. The van der Waals surface area contributed by atoms with Crippen molar-refractivity contribution in [2.24, 2.45) is 13.0 Å². The van der Waals surface area contributed by atoms with Gasteiger partial charge in [-0.15, -0.1) is 5.10 Å². The van der Waals surface area contributed by atoms with Crippen molar-refractivity contribution in [1.82, 2.24) is 15.0 Å². The normalized spacial score (nSPS) is 13.6. The number of carbonyl (C=O) groups excluding carboxylic acids is 1. The van der Waals surface area contributed by atoms with Crippen LogP contribution in [0.3, 0.4) is 0 Å². The lowest BCUT2D eigenvalue weighted by Gasteiger charge is -2.25. The number of hydrogen-bond acceptors (Lipinski definition) is 5. The number of aryl methyl sites for hydroxylation is 3. The zero-order valence-electron chi connectivity index (χ0n) is 16.4. The Balaban J connectivity index is 2.22. The first kappa shape index (κ1) is 19.0. The zero-order chi connectivity index (χ0) is 19.7. The van der Waals surface area contributed by atoms with Crippen molar-refractivity contribution in [1.29, 1.82) is 0 Å². The number of esters is 1. The summed E-state index contributed by atoms with van der Waals surface area (Å²) in [6.45, 7) is 5.80. The summed E-state index contributed by atoms with van der Waals surface area (Å²) in [6, 6.07) is 9.98. The number of carbonyl (C=O) groups is 1. The fourth-order valence-corrected chi connectivity index (χ4v) is 3.70. The maximum Gasteiger partial charge on any atom is 0.309 e. The molecular formula is C21H25N3O3. The molecule has 1 N–H and O–H groups in total. The van der Waals surface area contributed by atoms with Crippen molar-refractivity contribution in [2.75, 3.05) is 7.11 Å². The Labute approximate surface area is 158 Å². The molecule has 0 spiro atoms. The molecular weight excluding hydrogens is 342 g/mol. The molecule has 0 aliphatic rings. The predicted octanol–water partition coefficient (Wildman–Crippen LogP) is 3.02. The maximum atomic E-state index is 12.4. The number of rotatable bonds is 5. The number of fused-ring (bicyclic) bond motifs is 1. The highest BCUT2D eigenvalue weighted by Crippen LogP contribution is 2.37. The monoisotopic (exact) mass is 367 g/mol. The van der Waals surface area contributed by atoms with Gasteiger partial charge in [0, 0.05) is 13.0 Å². The van der Waals surface area contributed by atoms with Gasteiger partial charge in [0.1, 0.15) is 5.52 Å². The molecule has 2 aromatic carbocycles. The molecule has 0 amide bonds. The van der Waals surface area contributed by atoms with Crippen molar-refractivity contribution in [3.63, 3.8) is 0 Å². The molecule has 1 aromatic heterocycles. The van der Waals surface area contributed by atoms with Crippen molar-refractivity contribution in [2.45, 2.75) is 33.3 Å². The summed E-state index contributed by atoms with van der Waals surface area (Å²) in [5.74, 6) is -0.878. The molecule has 0 aliphatic carbocycles. The van der Waals surface area contributed by atoms with Gasteiger partial charge in [-0.1, -0.05) is 36.4 Å². The molecule has 0 radical (unpaired) electrons. The summed E-state index contributed by atoms with van der Waals surface area (Å²) in [7, 11) is 3.26. The summed E-state index contributed by atoms with van der Waals surface area (Å²) in [5.41, 5.74) is 6.61. The van der Waals surface area contributed by atoms with E-state index in [2.05, 4.69) is 10.3 Å². The Kier molecular flexibility index (Phi) is 5.28. The minimum Gasteiger partial charge on any atom is -0.469 e. The summed E-state index contributed by atoms with van der Waals surface area (Å²) in [6.07, 6.45) is 0. The van der Waals surface area contributed by atoms with E-state index >= 15 is 0 Å². The largest absolute Gasteiger partial charge is 0.469 e. The van der Waals surface area contributed by atoms with Gasteiger partial charge in [-0.2, -0.15) is 0 Å². The van der Waals surface area contributed by atoms with Gasteiger partial charge in [0.25, 0.3) is 0 Å². The second-order valence-corrected chi connectivity index (χ2v) is 6.99. The lowest BCUT2D eigenvalue weighted by atomic mass is 9.79. The molecule has 2 atom stereocenters. The van der Waals surface area contributed by atoms with E-state index in [1.54, 1.807) is 4.68 Å². The van der Waals surface area contributed by atoms with Crippen LogP contribution in [0.4, 0.5) is 0 Å². The average Bonchev–Trinajstić information content (AvgIpc) is 3.05. The number of ether oxygens (including phenoxy) is 1. The zero-order valence-corrected chi connectivity index (χ0v) is 16.4. The van der Waals surface area contributed by atoms with E-state index in [1.165, 1.54) is 7.11 Å². The SMILES string of the molecule is COC(=O)[C@@H](C)[C@@H](c1ccc(C)c(CO)c1)c1ccc2c(nnn2C)c1C. The minimum absolute atomic E-state index is 0.0405. The van der Waals surface area contributed by atoms with Crippen LogP contribution in [0.15, 0.2) is 30.3 Å². The van der Waals surface area contributed by atoms with E-state index in [1.807, 2.05) is 58.2 Å². The molecule has 0 bridgehead atoms. The van der Waals surface area contributed by atoms with Crippen molar-refractivity contribution >= 4 is 17.0 Å². The highest BCUT2D eigenvalue weighted by molar-refractivity contribution is 5.81. The van der Waals surface area contributed by atoms with Crippen LogP contribution in [0, 0.1) is 19.8 Å². The van der Waals surface area contributed by atoms with Crippen LogP contribution in [-0.4, -0.2) is 33.2 Å². The van der Waals surface area contributed by atoms with E-state index in [9.17, 15) is 9.90 Å². The van der Waals surface area contributed by atoms with Gasteiger partial charge in [-0.25, -0.2) is 4.68 Å². The van der Waals surface area contributed by atoms with Gasteiger partial charge >= 0.3 is 5.97 Å². The number of hydrogen-bond donors (Lipinski definition) is 1. The van der Waals surface area contributed by atoms with E-state index < -0.39 is 5.92 Å². The van der Waals surface area contributed by atoms with Crippen LogP contribution in [0.1, 0.15) is 40.7 Å². The number of methoxy groups -OCH3 is 1. The van der Waals surface area contributed by atoms with Gasteiger partial charge in [0.05, 0.1) is 25.2 Å². The second-order valence-electron chi connectivity index (χ2n) is 6.99. The molecule has 142 valence electrons. The van der Waals surface area contributed by atoms with E-state index in [0.717, 1.165) is 38.9 Å². The van der Waals surface area contributed by atoms with Crippen LogP contribution in [-0.2, 0) is 23.2 Å². The number of aromatic nitrogens is 3. The molecule has 3 rings (SSSR count). The van der Waals surface area contributed by atoms with E-state index in [4.69, 9.17) is 4.74 Å². The summed E-state index contributed by atoms with van der Waals surface area (Å²) in [4.78, 5) is 12.4. The van der Waals surface area contributed by atoms with Gasteiger partial charge in [0.15, 0.2) is 0 Å². The molecule has 0 fully saturated rings. The molecule has 6 nitrogen and oxygen atoms in total. The Bertz CT molecular complexity index is 994. The molecule has 0 aliphatic heterocycles.